The van der Waals surface area contributed by atoms with Gasteiger partial charge in [-0.3, -0.25) is 4.98 Å². The minimum absolute atomic E-state index is 0.193. The molecular formula is C14H16N2O2S. The number of rotatable bonds is 5. The maximum Gasteiger partial charge on any atom is 0.242 e. The van der Waals surface area contributed by atoms with Gasteiger partial charge in [0.15, 0.2) is 0 Å². The van der Waals surface area contributed by atoms with Gasteiger partial charge in [-0.05, 0) is 25.5 Å². The summed E-state index contributed by atoms with van der Waals surface area (Å²) in [6.07, 6.45) is 3.86. The molecule has 0 aliphatic heterocycles. The summed E-state index contributed by atoms with van der Waals surface area (Å²) in [5, 5.41) is 0.807. The van der Waals surface area contributed by atoms with Crippen LogP contribution >= 0.6 is 0 Å². The molecule has 1 unspecified atom stereocenters. The molecule has 1 atom stereocenters. The highest BCUT2D eigenvalue weighted by atomic mass is 32.2. The van der Waals surface area contributed by atoms with Crippen molar-refractivity contribution in [3.63, 3.8) is 0 Å². The standard InChI is InChI=1S/C14H16N2O2S/c1-3-6-11(2)16-19(17,18)13-9-4-7-12-8-5-10-15-14(12)13/h3-5,7-11,16H,1,6H2,2H3. The second-order valence-electron chi connectivity index (χ2n) is 4.38. The van der Waals surface area contributed by atoms with Crippen LogP contribution in [-0.4, -0.2) is 19.4 Å². The first kappa shape index (κ1) is 13.7. The van der Waals surface area contributed by atoms with E-state index in [9.17, 15) is 8.42 Å². The molecular weight excluding hydrogens is 260 g/mol. The van der Waals surface area contributed by atoms with Gasteiger partial charge in [0, 0.05) is 17.6 Å². The predicted octanol–water partition coefficient (Wildman–Crippen LogP) is 2.48. The molecule has 0 saturated carbocycles. The van der Waals surface area contributed by atoms with Crippen molar-refractivity contribution in [2.24, 2.45) is 0 Å². The van der Waals surface area contributed by atoms with Crippen LogP contribution < -0.4 is 4.72 Å². The minimum atomic E-state index is -3.57. The van der Waals surface area contributed by atoms with Crippen LogP contribution in [0.2, 0.25) is 0 Å². The first-order chi connectivity index (χ1) is 9.04. The first-order valence-corrected chi connectivity index (χ1v) is 7.50. The summed E-state index contributed by atoms with van der Waals surface area (Å²) in [7, 11) is -3.57. The molecule has 1 aromatic carbocycles. The van der Waals surface area contributed by atoms with E-state index in [0.29, 0.717) is 11.9 Å². The van der Waals surface area contributed by atoms with Gasteiger partial charge >= 0.3 is 0 Å². The Balaban J connectivity index is 2.46. The molecule has 2 rings (SSSR count). The molecule has 0 spiro atoms. The van der Waals surface area contributed by atoms with Crippen molar-refractivity contribution in [3.05, 3.63) is 49.2 Å². The molecule has 0 bridgehead atoms. The highest BCUT2D eigenvalue weighted by Crippen LogP contribution is 2.20. The third kappa shape index (κ3) is 3.00. The fraction of sp³-hybridized carbons (Fsp3) is 0.214. The van der Waals surface area contributed by atoms with Crippen LogP contribution in [0.4, 0.5) is 0 Å². The number of para-hydroxylation sites is 1. The Morgan fingerprint density at radius 2 is 2.11 bits per heavy atom. The number of fused-ring (bicyclic) bond motifs is 1. The summed E-state index contributed by atoms with van der Waals surface area (Å²) >= 11 is 0. The summed E-state index contributed by atoms with van der Waals surface area (Å²) in [5.41, 5.74) is 0.489. The average molecular weight is 276 g/mol. The summed E-state index contributed by atoms with van der Waals surface area (Å²) in [4.78, 5) is 4.37. The molecule has 1 aromatic heterocycles. The lowest BCUT2D eigenvalue weighted by molar-refractivity contribution is 0.563. The van der Waals surface area contributed by atoms with Crippen molar-refractivity contribution in [1.29, 1.82) is 0 Å². The molecule has 0 fully saturated rings. The Bertz CT molecular complexity index is 690. The Morgan fingerprint density at radius 1 is 1.37 bits per heavy atom. The smallest absolute Gasteiger partial charge is 0.242 e. The molecule has 0 radical (unpaired) electrons. The van der Waals surface area contributed by atoms with E-state index in [-0.39, 0.29) is 10.9 Å². The lowest BCUT2D eigenvalue weighted by Crippen LogP contribution is -2.32. The van der Waals surface area contributed by atoms with Gasteiger partial charge in [0.25, 0.3) is 0 Å². The van der Waals surface area contributed by atoms with Gasteiger partial charge in [-0.2, -0.15) is 0 Å². The van der Waals surface area contributed by atoms with Crippen molar-refractivity contribution in [2.45, 2.75) is 24.3 Å². The molecule has 4 nitrogen and oxygen atoms in total. The molecule has 1 heterocycles. The number of pyridine rings is 1. The summed E-state index contributed by atoms with van der Waals surface area (Å²) in [5.74, 6) is 0. The Hall–Kier alpha value is -1.72. The Kier molecular flexibility index (Phi) is 3.97. The van der Waals surface area contributed by atoms with Crippen LogP contribution in [0.15, 0.2) is 54.1 Å². The van der Waals surface area contributed by atoms with Gasteiger partial charge in [0.05, 0.1) is 5.52 Å². The summed E-state index contributed by atoms with van der Waals surface area (Å²) in [6.45, 7) is 5.41. The fourth-order valence-electron chi connectivity index (χ4n) is 1.92. The number of hydrogen-bond acceptors (Lipinski definition) is 3. The number of nitrogens with one attached hydrogen (secondary N) is 1. The molecule has 0 amide bonds. The third-order valence-electron chi connectivity index (χ3n) is 2.76. The molecule has 19 heavy (non-hydrogen) atoms. The van der Waals surface area contributed by atoms with Crippen molar-refractivity contribution < 1.29 is 8.42 Å². The lowest BCUT2D eigenvalue weighted by Gasteiger charge is -2.13. The fourth-order valence-corrected chi connectivity index (χ4v) is 3.36. The van der Waals surface area contributed by atoms with E-state index in [0.717, 1.165) is 5.39 Å². The second-order valence-corrected chi connectivity index (χ2v) is 6.06. The van der Waals surface area contributed by atoms with Crippen molar-refractivity contribution in [1.82, 2.24) is 9.71 Å². The van der Waals surface area contributed by atoms with E-state index >= 15 is 0 Å². The van der Waals surface area contributed by atoms with Crippen molar-refractivity contribution in [2.75, 3.05) is 0 Å². The summed E-state index contributed by atoms with van der Waals surface area (Å²) in [6, 6.07) is 8.56. The molecule has 100 valence electrons. The maximum absolute atomic E-state index is 12.3. The van der Waals surface area contributed by atoms with Gasteiger partial charge in [0.2, 0.25) is 10.0 Å². The van der Waals surface area contributed by atoms with Gasteiger partial charge in [0.1, 0.15) is 4.90 Å². The van der Waals surface area contributed by atoms with Crippen LogP contribution in [0.3, 0.4) is 0 Å². The number of nitrogens with zero attached hydrogens (tertiary/aromatic N) is 1. The number of benzene rings is 1. The quantitative estimate of drug-likeness (QED) is 0.853. The van der Waals surface area contributed by atoms with Gasteiger partial charge < -0.3 is 0 Å². The van der Waals surface area contributed by atoms with Gasteiger partial charge in [-0.1, -0.05) is 24.3 Å². The molecule has 0 aliphatic carbocycles. The van der Waals surface area contributed by atoms with Crippen LogP contribution in [0.5, 0.6) is 0 Å². The zero-order chi connectivity index (χ0) is 13.9. The Morgan fingerprint density at radius 3 is 2.84 bits per heavy atom. The molecule has 5 heteroatoms. The number of hydrogen-bond donors (Lipinski definition) is 1. The second kappa shape index (κ2) is 5.50. The summed E-state index contributed by atoms with van der Waals surface area (Å²) < 4.78 is 27.3. The topological polar surface area (TPSA) is 59.1 Å². The van der Waals surface area contributed by atoms with E-state index < -0.39 is 10.0 Å². The number of sulfonamides is 1. The molecule has 2 aromatic rings. The van der Waals surface area contributed by atoms with E-state index in [2.05, 4.69) is 16.3 Å². The maximum atomic E-state index is 12.3. The lowest BCUT2D eigenvalue weighted by atomic mass is 10.2. The zero-order valence-electron chi connectivity index (χ0n) is 10.7. The monoisotopic (exact) mass is 276 g/mol. The third-order valence-corrected chi connectivity index (χ3v) is 4.38. The van der Waals surface area contributed by atoms with E-state index in [1.165, 1.54) is 0 Å². The minimum Gasteiger partial charge on any atom is -0.255 e. The SMILES string of the molecule is C=CCC(C)NS(=O)(=O)c1cccc2cccnc12. The van der Waals surface area contributed by atoms with Crippen molar-refractivity contribution in [3.8, 4) is 0 Å². The van der Waals surface area contributed by atoms with E-state index in [1.54, 1.807) is 37.4 Å². The largest absolute Gasteiger partial charge is 0.255 e. The van der Waals surface area contributed by atoms with Crippen LogP contribution in [0, 0.1) is 0 Å². The average Bonchev–Trinajstić information content (AvgIpc) is 2.37. The van der Waals surface area contributed by atoms with Crippen LogP contribution in [0.25, 0.3) is 10.9 Å². The highest BCUT2D eigenvalue weighted by molar-refractivity contribution is 7.89. The van der Waals surface area contributed by atoms with Crippen molar-refractivity contribution >= 4 is 20.9 Å². The van der Waals surface area contributed by atoms with E-state index in [1.807, 2.05) is 12.1 Å². The first-order valence-electron chi connectivity index (χ1n) is 6.01. The molecule has 1 N–H and O–H groups in total. The van der Waals surface area contributed by atoms with E-state index in [4.69, 9.17) is 0 Å². The highest BCUT2D eigenvalue weighted by Gasteiger charge is 2.19. The molecule has 0 saturated heterocycles. The van der Waals surface area contributed by atoms with Crippen LogP contribution in [-0.2, 0) is 10.0 Å². The Labute approximate surface area is 113 Å². The molecule has 0 aliphatic rings. The predicted molar refractivity (Wildman–Crippen MR) is 76.3 cm³/mol. The zero-order valence-corrected chi connectivity index (χ0v) is 11.5. The van der Waals surface area contributed by atoms with Gasteiger partial charge in [-0.15, -0.1) is 6.58 Å². The van der Waals surface area contributed by atoms with Gasteiger partial charge in [-0.25, -0.2) is 13.1 Å². The normalized spacial score (nSPS) is 13.3. The number of aromatic nitrogens is 1. The van der Waals surface area contributed by atoms with Crippen LogP contribution in [0.1, 0.15) is 13.3 Å².